The van der Waals surface area contributed by atoms with Crippen molar-refractivity contribution in [2.75, 3.05) is 5.32 Å². The van der Waals surface area contributed by atoms with Gasteiger partial charge in [0.05, 0.1) is 5.56 Å². The molecule has 0 aliphatic rings. The zero-order chi connectivity index (χ0) is 12.3. The summed E-state index contributed by atoms with van der Waals surface area (Å²) >= 11 is 5.97. The monoisotopic (exact) mass is 247 g/mol. The van der Waals surface area contributed by atoms with Crippen LogP contribution in [0.3, 0.4) is 0 Å². The molecule has 5 heteroatoms. The van der Waals surface area contributed by atoms with Crippen molar-refractivity contribution in [3.8, 4) is 6.07 Å². The van der Waals surface area contributed by atoms with Gasteiger partial charge >= 0.3 is 0 Å². The maximum absolute atomic E-state index is 12.7. The summed E-state index contributed by atoms with van der Waals surface area (Å²) < 4.78 is 12.7. The second-order valence-corrected chi connectivity index (χ2v) is 3.64. The van der Waals surface area contributed by atoms with E-state index in [0.29, 0.717) is 17.1 Å². The van der Waals surface area contributed by atoms with Gasteiger partial charge in [0.1, 0.15) is 16.9 Å². The number of anilines is 2. The number of hydrogen-bond acceptors (Lipinski definition) is 3. The first-order chi connectivity index (χ1) is 8.20. The zero-order valence-electron chi connectivity index (χ0n) is 8.61. The summed E-state index contributed by atoms with van der Waals surface area (Å²) in [6, 6.07) is 9.26. The molecule has 0 radical (unpaired) electrons. The normalized spacial score (nSPS) is 9.71. The van der Waals surface area contributed by atoms with Crippen molar-refractivity contribution < 1.29 is 4.39 Å². The fourth-order valence-electron chi connectivity index (χ4n) is 1.29. The molecule has 0 aliphatic carbocycles. The van der Waals surface area contributed by atoms with Crippen molar-refractivity contribution in [2.45, 2.75) is 0 Å². The molecule has 1 heterocycles. The summed E-state index contributed by atoms with van der Waals surface area (Å²) in [7, 11) is 0. The molecule has 0 atom stereocenters. The largest absolute Gasteiger partial charge is 0.339 e. The third kappa shape index (κ3) is 2.52. The van der Waals surface area contributed by atoms with Crippen LogP contribution in [0.2, 0.25) is 5.02 Å². The Hall–Kier alpha value is -2.12. The van der Waals surface area contributed by atoms with Crippen LogP contribution < -0.4 is 5.32 Å². The van der Waals surface area contributed by atoms with E-state index in [4.69, 9.17) is 16.9 Å². The van der Waals surface area contributed by atoms with Gasteiger partial charge in [-0.25, -0.2) is 9.37 Å². The molecule has 1 N–H and O–H groups in total. The van der Waals surface area contributed by atoms with E-state index < -0.39 is 0 Å². The number of pyridine rings is 1. The van der Waals surface area contributed by atoms with E-state index >= 15 is 0 Å². The molecule has 0 saturated heterocycles. The lowest BCUT2D eigenvalue weighted by Crippen LogP contribution is -1.95. The lowest BCUT2D eigenvalue weighted by atomic mass is 10.2. The van der Waals surface area contributed by atoms with Gasteiger partial charge in [-0.1, -0.05) is 11.6 Å². The number of benzene rings is 1. The van der Waals surface area contributed by atoms with Crippen LogP contribution in [-0.2, 0) is 0 Å². The van der Waals surface area contributed by atoms with Crippen molar-refractivity contribution in [3.05, 3.63) is 52.9 Å². The number of hydrogen-bond donors (Lipinski definition) is 1. The minimum absolute atomic E-state index is 0.249. The number of nitriles is 1. The highest BCUT2D eigenvalue weighted by Crippen LogP contribution is 2.25. The second-order valence-electron chi connectivity index (χ2n) is 3.26. The molecular formula is C12H7ClFN3. The summed E-state index contributed by atoms with van der Waals surface area (Å²) in [5, 5.41) is 12.0. The fraction of sp³-hybridized carbons (Fsp3) is 0. The topological polar surface area (TPSA) is 48.7 Å². The Bertz CT molecular complexity index is 575. The van der Waals surface area contributed by atoms with Crippen molar-refractivity contribution in [1.82, 2.24) is 4.98 Å². The molecule has 1 aromatic heterocycles. The maximum atomic E-state index is 12.7. The molecule has 0 unspecified atom stereocenters. The third-order valence-electron chi connectivity index (χ3n) is 2.12. The minimum atomic E-state index is -0.319. The van der Waals surface area contributed by atoms with Crippen molar-refractivity contribution >= 4 is 23.1 Å². The van der Waals surface area contributed by atoms with Gasteiger partial charge in [-0.15, -0.1) is 0 Å². The van der Waals surface area contributed by atoms with E-state index in [1.165, 1.54) is 24.4 Å². The highest BCUT2D eigenvalue weighted by Gasteiger charge is 2.07. The predicted octanol–water partition coefficient (Wildman–Crippen LogP) is 3.49. The molecule has 3 nitrogen and oxygen atoms in total. The van der Waals surface area contributed by atoms with Crippen LogP contribution in [0.5, 0.6) is 0 Å². The van der Waals surface area contributed by atoms with Crippen LogP contribution >= 0.6 is 11.6 Å². The zero-order valence-corrected chi connectivity index (χ0v) is 9.37. The van der Waals surface area contributed by atoms with E-state index in [0.717, 1.165) is 0 Å². The van der Waals surface area contributed by atoms with Crippen LogP contribution in [0.1, 0.15) is 5.56 Å². The summed E-state index contributed by atoms with van der Waals surface area (Å²) in [5.74, 6) is 0.0534. The van der Waals surface area contributed by atoms with E-state index in [1.807, 2.05) is 6.07 Å². The number of rotatable bonds is 2. The molecule has 0 amide bonds. The number of aromatic nitrogens is 1. The highest BCUT2D eigenvalue weighted by molar-refractivity contribution is 6.34. The Labute approximate surface area is 102 Å². The molecule has 0 bridgehead atoms. The summed E-state index contributed by atoms with van der Waals surface area (Å²) in [6.45, 7) is 0. The Morgan fingerprint density at radius 3 is 2.59 bits per heavy atom. The van der Waals surface area contributed by atoms with Crippen LogP contribution in [0.4, 0.5) is 15.9 Å². The SMILES string of the molecule is N#Cc1ccnc(Nc2ccc(F)cc2)c1Cl. The van der Waals surface area contributed by atoms with Gasteiger partial charge in [0.2, 0.25) is 0 Å². The first-order valence-electron chi connectivity index (χ1n) is 4.78. The van der Waals surface area contributed by atoms with Crippen LogP contribution in [0, 0.1) is 17.1 Å². The van der Waals surface area contributed by atoms with Gasteiger partial charge in [-0.2, -0.15) is 5.26 Å². The minimum Gasteiger partial charge on any atom is -0.339 e. The van der Waals surface area contributed by atoms with Crippen LogP contribution in [-0.4, -0.2) is 4.98 Å². The standard InChI is InChI=1S/C12H7ClFN3/c13-11-8(7-15)5-6-16-12(11)17-10-3-1-9(14)2-4-10/h1-6H,(H,16,17). The van der Waals surface area contributed by atoms with Crippen molar-refractivity contribution in [3.63, 3.8) is 0 Å². The summed E-state index contributed by atoms with van der Waals surface area (Å²) in [4.78, 5) is 4.02. The average Bonchev–Trinajstić information content (AvgIpc) is 2.35. The molecule has 0 fully saturated rings. The Kier molecular flexibility index (Phi) is 3.22. The summed E-state index contributed by atoms with van der Waals surface area (Å²) in [5.41, 5.74) is 0.988. The van der Waals surface area contributed by atoms with Crippen LogP contribution in [0.25, 0.3) is 0 Å². The first kappa shape index (κ1) is 11.4. The van der Waals surface area contributed by atoms with Crippen molar-refractivity contribution in [2.24, 2.45) is 0 Å². The van der Waals surface area contributed by atoms with Crippen molar-refractivity contribution in [1.29, 1.82) is 5.26 Å². The quantitative estimate of drug-likeness (QED) is 0.884. The van der Waals surface area contributed by atoms with Gasteiger partial charge in [0.25, 0.3) is 0 Å². The predicted molar refractivity (Wildman–Crippen MR) is 63.6 cm³/mol. The molecule has 2 aromatic rings. The van der Waals surface area contributed by atoms with E-state index in [2.05, 4.69) is 10.3 Å². The molecule has 2 rings (SSSR count). The van der Waals surface area contributed by atoms with E-state index in [-0.39, 0.29) is 10.8 Å². The molecule has 0 saturated carbocycles. The molecule has 0 aliphatic heterocycles. The number of halogens is 2. The molecule has 84 valence electrons. The average molecular weight is 248 g/mol. The second kappa shape index (κ2) is 4.81. The van der Waals surface area contributed by atoms with Crippen LogP contribution in [0.15, 0.2) is 36.5 Å². The number of nitrogens with zero attached hydrogens (tertiary/aromatic N) is 2. The Balaban J connectivity index is 2.31. The maximum Gasteiger partial charge on any atom is 0.150 e. The lowest BCUT2D eigenvalue weighted by Gasteiger charge is -2.07. The van der Waals surface area contributed by atoms with Gasteiger partial charge in [0, 0.05) is 11.9 Å². The summed E-state index contributed by atoms with van der Waals surface area (Å²) in [6.07, 6.45) is 1.48. The Morgan fingerprint density at radius 1 is 1.24 bits per heavy atom. The van der Waals surface area contributed by atoms with E-state index in [9.17, 15) is 4.39 Å². The molecule has 0 spiro atoms. The van der Waals surface area contributed by atoms with Gasteiger partial charge in [-0.05, 0) is 30.3 Å². The third-order valence-corrected chi connectivity index (χ3v) is 2.50. The number of nitrogens with one attached hydrogen (secondary N) is 1. The molecule has 17 heavy (non-hydrogen) atoms. The fourth-order valence-corrected chi connectivity index (χ4v) is 1.49. The molecule has 1 aromatic carbocycles. The lowest BCUT2D eigenvalue weighted by molar-refractivity contribution is 0.628. The first-order valence-corrected chi connectivity index (χ1v) is 5.15. The smallest absolute Gasteiger partial charge is 0.150 e. The highest BCUT2D eigenvalue weighted by atomic mass is 35.5. The Morgan fingerprint density at radius 2 is 1.94 bits per heavy atom. The molecular weight excluding hydrogens is 241 g/mol. The van der Waals surface area contributed by atoms with Gasteiger partial charge < -0.3 is 5.32 Å². The van der Waals surface area contributed by atoms with Gasteiger partial charge in [0.15, 0.2) is 5.82 Å². The van der Waals surface area contributed by atoms with Gasteiger partial charge in [-0.3, -0.25) is 0 Å². The van der Waals surface area contributed by atoms with E-state index in [1.54, 1.807) is 12.1 Å².